The molecule has 0 bridgehead atoms. The van der Waals surface area contributed by atoms with E-state index in [-0.39, 0.29) is 12.2 Å². The SMILES string of the molecule is NC(=O)c1cc([N+](=O)[O-])cn(Cc2cccc([N+](=O)[O-])c2)c1=O. The number of carbonyl (C=O) groups is 1. The summed E-state index contributed by atoms with van der Waals surface area (Å²) in [5, 5.41) is 21.6. The highest BCUT2D eigenvalue weighted by atomic mass is 16.6. The topological polar surface area (TPSA) is 151 Å². The molecule has 1 amide bonds. The van der Waals surface area contributed by atoms with Gasteiger partial charge < -0.3 is 10.3 Å². The van der Waals surface area contributed by atoms with Crippen molar-refractivity contribution in [3.8, 4) is 0 Å². The zero-order valence-corrected chi connectivity index (χ0v) is 11.5. The van der Waals surface area contributed by atoms with Crippen molar-refractivity contribution in [3.63, 3.8) is 0 Å². The summed E-state index contributed by atoms with van der Waals surface area (Å²) < 4.78 is 0.914. The fourth-order valence-electron chi connectivity index (χ4n) is 1.98. The maximum atomic E-state index is 12.1. The Morgan fingerprint density at radius 1 is 1.13 bits per heavy atom. The van der Waals surface area contributed by atoms with Gasteiger partial charge in [0, 0.05) is 18.2 Å². The minimum atomic E-state index is -1.09. The minimum absolute atomic E-state index is 0.178. The molecule has 0 radical (unpaired) electrons. The van der Waals surface area contributed by atoms with Gasteiger partial charge in [0.25, 0.3) is 22.8 Å². The van der Waals surface area contributed by atoms with E-state index in [0.29, 0.717) is 5.56 Å². The van der Waals surface area contributed by atoms with E-state index in [2.05, 4.69) is 0 Å². The molecule has 0 spiro atoms. The third kappa shape index (κ3) is 3.37. The Balaban J connectivity index is 2.53. The molecule has 0 aliphatic rings. The molecule has 0 aliphatic carbocycles. The number of nitro benzene ring substituents is 1. The van der Waals surface area contributed by atoms with Crippen LogP contribution in [-0.4, -0.2) is 20.3 Å². The van der Waals surface area contributed by atoms with Gasteiger partial charge in [-0.1, -0.05) is 12.1 Å². The summed E-state index contributed by atoms with van der Waals surface area (Å²) in [6.45, 7) is -0.178. The van der Waals surface area contributed by atoms with Gasteiger partial charge in [-0.25, -0.2) is 0 Å². The smallest absolute Gasteiger partial charge is 0.286 e. The number of carbonyl (C=O) groups excluding carboxylic acids is 1. The second-order valence-corrected chi connectivity index (χ2v) is 4.59. The van der Waals surface area contributed by atoms with E-state index in [1.807, 2.05) is 0 Å². The van der Waals surface area contributed by atoms with Crippen molar-refractivity contribution >= 4 is 17.3 Å². The molecule has 0 saturated heterocycles. The molecule has 0 atom stereocenters. The highest BCUT2D eigenvalue weighted by molar-refractivity contribution is 5.92. The van der Waals surface area contributed by atoms with Crippen molar-refractivity contribution in [2.24, 2.45) is 5.73 Å². The van der Waals surface area contributed by atoms with Gasteiger partial charge in [-0.3, -0.25) is 29.8 Å². The fourth-order valence-corrected chi connectivity index (χ4v) is 1.98. The number of hydrogen-bond donors (Lipinski definition) is 1. The Morgan fingerprint density at radius 3 is 2.35 bits per heavy atom. The van der Waals surface area contributed by atoms with Crippen LogP contribution in [0, 0.1) is 20.2 Å². The van der Waals surface area contributed by atoms with E-state index < -0.39 is 32.6 Å². The number of nitrogens with zero attached hydrogens (tertiary/aromatic N) is 3. The maximum absolute atomic E-state index is 12.1. The molecule has 0 fully saturated rings. The Labute approximate surface area is 128 Å². The number of primary amides is 1. The van der Waals surface area contributed by atoms with E-state index in [0.717, 1.165) is 16.8 Å². The minimum Gasteiger partial charge on any atom is -0.365 e. The molecule has 1 aromatic heterocycles. The molecular weight excluding hydrogens is 308 g/mol. The Bertz CT molecular complexity index is 873. The molecule has 0 aliphatic heterocycles. The molecule has 2 N–H and O–H groups in total. The summed E-state index contributed by atoms with van der Waals surface area (Å²) in [5.74, 6) is -1.09. The zero-order valence-electron chi connectivity index (χ0n) is 11.5. The molecular formula is C13H10N4O6. The predicted octanol–water partition coefficient (Wildman–Crippen LogP) is 0.812. The molecule has 10 heteroatoms. The van der Waals surface area contributed by atoms with Gasteiger partial charge >= 0.3 is 0 Å². The van der Waals surface area contributed by atoms with Crippen LogP contribution in [0.4, 0.5) is 11.4 Å². The summed E-state index contributed by atoms with van der Waals surface area (Å²) in [7, 11) is 0. The highest BCUT2D eigenvalue weighted by Crippen LogP contribution is 2.15. The van der Waals surface area contributed by atoms with Crippen LogP contribution in [0.5, 0.6) is 0 Å². The van der Waals surface area contributed by atoms with Crippen LogP contribution in [0.15, 0.2) is 41.3 Å². The zero-order chi connectivity index (χ0) is 17.1. The second-order valence-electron chi connectivity index (χ2n) is 4.59. The molecule has 2 rings (SSSR count). The van der Waals surface area contributed by atoms with Crippen molar-refractivity contribution in [2.45, 2.75) is 6.54 Å². The standard InChI is InChI=1S/C13H10N4O6/c14-12(18)11-5-10(17(22)23)7-15(13(11)19)6-8-2-1-3-9(4-8)16(20)21/h1-5,7H,6H2,(H2,14,18). The van der Waals surface area contributed by atoms with Gasteiger partial charge in [-0.15, -0.1) is 0 Å². The van der Waals surface area contributed by atoms with Crippen LogP contribution in [0.2, 0.25) is 0 Å². The normalized spacial score (nSPS) is 10.3. The lowest BCUT2D eigenvalue weighted by atomic mass is 10.2. The first-order valence-electron chi connectivity index (χ1n) is 6.21. The largest absolute Gasteiger partial charge is 0.365 e. The number of nitrogens with two attached hydrogens (primary N) is 1. The molecule has 2 aromatic rings. The second kappa shape index (κ2) is 6.05. The van der Waals surface area contributed by atoms with E-state index in [1.54, 1.807) is 0 Å². The van der Waals surface area contributed by atoms with Crippen molar-refractivity contribution < 1.29 is 14.6 Å². The first-order valence-corrected chi connectivity index (χ1v) is 6.21. The summed E-state index contributed by atoms with van der Waals surface area (Å²) in [5.41, 5.74) is 3.42. The van der Waals surface area contributed by atoms with Crippen LogP contribution in [0.25, 0.3) is 0 Å². The third-order valence-electron chi connectivity index (χ3n) is 3.02. The molecule has 1 heterocycles. The molecule has 118 valence electrons. The van der Waals surface area contributed by atoms with Crippen LogP contribution >= 0.6 is 0 Å². The van der Waals surface area contributed by atoms with Gasteiger partial charge in [0.05, 0.1) is 22.6 Å². The fraction of sp³-hybridized carbons (Fsp3) is 0.0769. The maximum Gasteiger partial charge on any atom is 0.286 e. The van der Waals surface area contributed by atoms with Crippen LogP contribution in [0.1, 0.15) is 15.9 Å². The number of non-ortho nitro benzene ring substituents is 1. The summed E-state index contributed by atoms with van der Waals surface area (Å²) >= 11 is 0. The number of benzene rings is 1. The lowest BCUT2D eigenvalue weighted by Gasteiger charge is -2.07. The van der Waals surface area contributed by atoms with Gasteiger partial charge in [0.2, 0.25) is 0 Å². The first-order chi connectivity index (χ1) is 10.8. The average Bonchev–Trinajstić information content (AvgIpc) is 2.49. The number of nitro groups is 2. The first kappa shape index (κ1) is 15.8. The summed E-state index contributed by atoms with van der Waals surface area (Å²) in [6.07, 6.45) is 0.952. The lowest BCUT2D eigenvalue weighted by molar-refractivity contribution is -0.385. The van der Waals surface area contributed by atoms with Crippen molar-refractivity contribution in [3.05, 3.63) is 78.2 Å². The number of aromatic nitrogens is 1. The molecule has 10 nitrogen and oxygen atoms in total. The molecule has 0 saturated carbocycles. The van der Waals surface area contributed by atoms with Crippen LogP contribution in [0.3, 0.4) is 0 Å². The number of hydrogen-bond acceptors (Lipinski definition) is 6. The van der Waals surface area contributed by atoms with E-state index in [9.17, 15) is 29.8 Å². The van der Waals surface area contributed by atoms with E-state index in [4.69, 9.17) is 5.73 Å². The summed E-state index contributed by atoms with van der Waals surface area (Å²) in [4.78, 5) is 43.6. The van der Waals surface area contributed by atoms with Crippen LogP contribution < -0.4 is 11.3 Å². The highest BCUT2D eigenvalue weighted by Gasteiger charge is 2.17. The van der Waals surface area contributed by atoms with Gasteiger partial charge in [0.1, 0.15) is 5.56 Å². The van der Waals surface area contributed by atoms with Gasteiger partial charge in [0.15, 0.2) is 0 Å². The molecule has 23 heavy (non-hydrogen) atoms. The van der Waals surface area contributed by atoms with E-state index in [1.165, 1.54) is 24.3 Å². The van der Waals surface area contributed by atoms with Crippen molar-refractivity contribution in [1.82, 2.24) is 4.57 Å². The Hall–Kier alpha value is -3.56. The van der Waals surface area contributed by atoms with E-state index >= 15 is 0 Å². The lowest BCUT2D eigenvalue weighted by Crippen LogP contribution is -2.30. The van der Waals surface area contributed by atoms with Gasteiger partial charge in [-0.05, 0) is 5.56 Å². The predicted molar refractivity (Wildman–Crippen MR) is 78.1 cm³/mol. The number of amides is 1. The third-order valence-corrected chi connectivity index (χ3v) is 3.02. The number of rotatable bonds is 5. The van der Waals surface area contributed by atoms with Crippen molar-refractivity contribution in [2.75, 3.05) is 0 Å². The van der Waals surface area contributed by atoms with Crippen molar-refractivity contribution in [1.29, 1.82) is 0 Å². The monoisotopic (exact) mass is 318 g/mol. The molecule has 1 aromatic carbocycles. The number of pyridine rings is 1. The van der Waals surface area contributed by atoms with Crippen LogP contribution in [-0.2, 0) is 6.54 Å². The Kier molecular flexibility index (Phi) is 4.16. The molecule has 0 unspecified atom stereocenters. The summed E-state index contributed by atoms with van der Waals surface area (Å²) in [6, 6.07) is 6.24. The average molecular weight is 318 g/mol. The Morgan fingerprint density at radius 2 is 1.78 bits per heavy atom. The quantitative estimate of drug-likeness (QED) is 0.636. The van der Waals surface area contributed by atoms with Gasteiger partial charge in [-0.2, -0.15) is 0 Å².